The van der Waals surface area contributed by atoms with Gasteiger partial charge in [-0.05, 0) is 43.4 Å². The number of hydrogen-bond acceptors (Lipinski definition) is 2. The van der Waals surface area contributed by atoms with E-state index in [0.29, 0.717) is 13.0 Å². The first-order valence-electron chi connectivity index (χ1n) is 6.93. The van der Waals surface area contributed by atoms with E-state index in [-0.39, 0.29) is 17.8 Å². The zero-order valence-corrected chi connectivity index (χ0v) is 11.1. The van der Waals surface area contributed by atoms with E-state index in [2.05, 4.69) is 0 Å². The second-order valence-electron chi connectivity index (χ2n) is 5.23. The van der Waals surface area contributed by atoms with Crippen molar-refractivity contribution in [3.8, 4) is 0 Å². The maximum atomic E-state index is 13.0. The normalized spacial score (nSPS) is 19.5. The van der Waals surface area contributed by atoms with E-state index in [1.165, 1.54) is 12.1 Å². The third-order valence-corrected chi connectivity index (χ3v) is 3.56. The Balaban J connectivity index is 1.74. The van der Waals surface area contributed by atoms with Gasteiger partial charge in [0.05, 0.1) is 0 Å². The van der Waals surface area contributed by atoms with Crippen LogP contribution in [0.25, 0.3) is 0 Å². The molecule has 0 bridgehead atoms. The van der Waals surface area contributed by atoms with Crippen LogP contribution in [0.3, 0.4) is 0 Å². The number of likely N-dealkylation sites (tertiary alicyclic amines) is 1. The number of hydrogen-bond donors (Lipinski definition) is 1. The van der Waals surface area contributed by atoms with E-state index >= 15 is 0 Å². The van der Waals surface area contributed by atoms with Gasteiger partial charge in [-0.1, -0.05) is 12.1 Å². The zero-order valence-electron chi connectivity index (χ0n) is 11.1. The van der Waals surface area contributed by atoms with Gasteiger partial charge in [0.1, 0.15) is 5.82 Å². The SMILES string of the molecule is NC1CCCN(C(=O)CCCc2cccc(F)c2)C1. The Morgan fingerprint density at radius 1 is 1.47 bits per heavy atom. The number of nitrogens with two attached hydrogens (primary N) is 1. The molecule has 1 aliphatic heterocycles. The monoisotopic (exact) mass is 264 g/mol. The number of amides is 1. The van der Waals surface area contributed by atoms with Crippen LogP contribution in [-0.2, 0) is 11.2 Å². The Morgan fingerprint density at radius 2 is 2.32 bits per heavy atom. The molecule has 1 atom stereocenters. The molecule has 1 aromatic carbocycles. The minimum Gasteiger partial charge on any atom is -0.341 e. The van der Waals surface area contributed by atoms with Crippen molar-refractivity contribution in [1.29, 1.82) is 0 Å². The second-order valence-corrected chi connectivity index (χ2v) is 5.23. The number of aryl methyl sites for hydroxylation is 1. The molecule has 1 fully saturated rings. The Bertz CT molecular complexity index is 436. The van der Waals surface area contributed by atoms with Crippen LogP contribution in [0.5, 0.6) is 0 Å². The van der Waals surface area contributed by atoms with Crippen molar-refractivity contribution in [3.63, 3.8) is 0 Å². The summed E-state index contributed by atoms with van der Waals surface area (Å²) in [5.74, 6) is -0.0441. The lowest BCUT2D eigenvalue weighted by molar-refractivity contribution is -0.132. The topological polar surface area (TPSA) is 46.3 Å². The molecule has 0 radical (unpaired) electrons. The largest absolute Gasteiger partial charge is 0.341 e. The Morgan fingerprint density at radius 3 is 3.05 bits per heavy atom. The molecule has 0 aliphatic carbocycles. The Hall–Kier alpha value is -1.42. The van der Waals surface area contributed by atoms with Crippen LogP contribution < -0.4 is 5.73 Å². The van der Waals surface area contributed by atoms with Gasteiger partial charge in [-0.15, -0.1) is 0 Å². The molecule has 3 nitrogen and oxygen atoms in total. The number of piperidine rings is 1. The van der Waals surface area contributed by atoms with Gasteiger partial charge in [-0.3, -0.25) is 4.79 Å². The fourth-order valence-electron chi connectivity index (χ4n) is 2.53. The van der Waals surface area contributed by atoms with Gasteiger partial charge >= 0.3 is 0 Å². The molecule has 0 aromatic heterocycles. The average molecular weight is 264 g/mol. The molecule has 1 aliphatic rings. The molecular formula is C15H21FN2O. The van der Waals surface area contributed by atoms with Gasteiger partial charge < -0.3 is 10.6 Å². The average Bonchev–Trinajstić information content (AvgIpc) is 2.38. The summed E-state index contributed by atoms with van der Waals surface area (Å²) in [5, 5.41) is 0. The molecule has 1 heterocycles. The molecule has 1 amide bonds. The van der Waals surface area contributed by atoms with Gasteiger partial charge in [0.2, 0.25) is 5.91 Å². The van der Waals surface area contributed by atoms with E-state index in [1.807, 2.05) is 11.0 Å². The Labute approximate surface area is 113 Å². The van der Waals surface area contributed by atoms with Crippen molar-refractivity contribution in [2.75, 3.05) is 13.1 Å². The summed E-state index contributed by atoms with van der Waals surface area (Å²) in [5.41, 5.74) is 6.81. The Kier molecular flexibility index (Phi) is 4.91. The highest BCUT2D eigenvalue weighted by Crippen LogP contribution is 2.12. The summed E-state index contributed by atoms with van der Waals surface area (Å²) in [4.78, 5) is 13.9. The van der Waals surface area contributed by atoms with Crippen LogP contribution in [0.15, 0.2) is 24.3 Å². The van der Waals surface area contributed by atoms with E-state index in [0.717, 1.165) is 37.8 Å². The molecule has 1 unspecified atom stereocenters. The lowest BCUT2D eigenvalue weighted by atomic mass is 10.0. The smallest absolute Gasteiger partial charge is 0.222 e. The van der Waals surface area contributed by atoms with Crippen molar-refractivity contribution in [2.45, 2.75) is 38.1 Å². The summed E-state index contributed by atoms with van der Waals surface area (Å²) in [6.45, 7) is 1.51. The molecule has 1 saturated heterocycles. The van der Waals surface area contributed by atoms with Gasteiger partial charge in [-0.25, -0.2) is 4.39 Å². The quantitative estimate of drug-likeness (QED) is 0.905. The highest BCUT2D eigenvalue weighted by molar-refractivity contribution is 5.76. The summed E-state index contributed by atoms with van der Waals surface area (Å²) in [6, 6.07) is 6.69. The first kappa shape index (κ1) is 14.0. The van der Waals surface area contributed by atoms with Crippen molar-refractivity contribution >= 4 is 5.91 Å². The molecule has 2 rings (SSSR count). The lowest BCUT2D eigenvalue weighted by Crippen LogP contribution is -2.45. The number of halogens is 1. The maximum absolute atomic E-state index is 13.0. The fourth-order valence-corrected chi connectivity index (χ4v) is 2.53. The van der Waals surface area contributed by atoms with E-state index < -0.39 is 0 Å². The summed E-state index contributed by atoms with van der Waals surface area (Å²) >= 11 is 0. The van der Waals surface area contributed by atoms with Gasteiger partial charge in [0.15, 0.2) is 0 Å². The highest BCUT2D eigenvalue weighted by atomic mass is 19.1. The molecule has 19 heavy (non-hydrogen) atoms. The van der Waals surface area contributed by atoms with E-state index in [4.69, 9.17) is 5.73 Å². The van der Waals surface area contributed by atoms with Crippen molar-refractivity contribution < 1.29 is 9.18 Å². The highest BCUT2D eigenvalue weighted by Gasteiger charge is 2.20. The molecule has 2 N–H and O–H groups in total. The molecule has 0 spiro atoms. The molecular weight excluding hydrogens is 243 g/mol. The molecule has 4 heteroatoms. The van der Waals surface area contributed by atoms with Crippen LogP contribution in [-0.4, -0.2) is 29.9 Å². The third kappa shape index (κ3) is 4.31. The number of rotatable bonds is 4. The van der Waals surface area contributed by atoms with E-state index in [1.54, 1.807) is 6.07 Å². The van der Waals surface area contributed by atoms with Crippen LogP contribution in [0.4, 0.5) is 4.39 Å². The first-order chi connectivity index (χ1) is 9.15. The predicted octanol–water partition coefficient (Wildman–Crippen LogP) is 2.10. The van der Waals surface area contributed by atoms with Crippen molar-refractivity contribution in [2.24, 2.45) is 5.73 Å². The zero-order chi connectivity index (χ0) is 13.7. The number of benzene rings is 1. The first-order valence-corrected chi connectivity index (χ1v) is 6.93. The van der Waals surface area contributed by atoms with Crippen molar-refractivity contribution in [3.05, 3.63) is 35.6 Å². The molecule has 1 aromatic rings. The van der Waals surface area contributed by atoms with Crippen LogP contribution in [0.1, 0.15) is 31.2 Å². The lowest BCUT2D eigenvalue weighted by Gasteiger charge is -2.30. The summed E-state index contributed by atoms with van der Waals surface area (Å²) < 4.78 is 13.0. The second kappa shape index (κ2) is 6.66. The van der Waals surface area contributed by atoms with E-state index in [9.17, 15) is 9.18 Å². The van der Waals surface area contributed by atoms with Crippen LogP contribution in [0, 0.1) is 5.82 Å². The van der Waals surface area contributed by atoms with Crippen LogP contribution in [0.2, 0.25) is 0 Å². The molecule has 0 saturated carbocycles. The van der Waals surface area contributed by atoms with Crippen LogP contribution >= 0.6 is 0 Å². The predicted molar refractivity (Wildman–Crippen MR) is 73.1 cm³/mol. The van der Waals surface area contributed by atoms with Gasteiger partial charge in [0, 0.05) is 25.6 Å². The summed E-state index contributed by atoms with van der Waals surface area (Å²) in [6.07, 6.45) is 4.02. The van der Waals surface area contributed by atoms with Crippen molar-refractivity contribution in [1.82, 2.24) is 4.90 Å². The standard InChI is InChI=1S/C15H21FN2O/c16-13-6-1-4-12(10-13)5-2-8-15(19)18-9-3-7-14(17)11-18/h1,4,6,10,14H,2-3,5,7-9,11,17H2. The maximum Gasteiger partial charge on any atom is 0.222 e. The number of nitrogens with zero attached hydrogens (tertiary/aromatic N) is 1. The number of carbonyl (C=O) groups excluding carboxylic acids is 1. The molecule has 104 valence electrons. The number of carbonyl (C=O) groups is 1. The van der Waals surface area contributed by atoms with Gasteiger partial charge in [-0.2, -0.15) is 0 Å². The summed E-state index contributed by atoms with van der Waals surface area (Å²) in [7, 11) is 0. The fraction of sp³-hybridized carbons (Fsp3) is 0.533. The third-order valence-electron chi connectivity index (χ3n) is 3.56. The minimum absolute atomic E-state index is 0.126. The minimum atomic E-state index is -0.217. The van der Waals surface area contributed by atoms with Gasteiger partial charge in [0.25, 0.3) is 0 Å².